The molecule has 1 unspecified atom stereocenters. The first-order valence-electron chi connectivity index (χ1n) is 4.63. The van der Waals surface area contributed by atoms with Crippen LogP contribution in [0.5, 0.6) is 0 Å². The van der Waals surface area contributed by atoms with Crippen LogP contribution in [-0.4, -0.2) is 19.7 Å². The summed E-state index contributed by atoms with van der Waals surface area (Å²) in [4.78, 5) is 0. The second kappa shape index (κ2) is 4.49. The summed E-state index contributed by atoms with van der Waals surface area (Å²) in [5.41, 5.74) is 0. The van der Waals surface area contributed by atoms with E-state index in [0.717, 1.165) is 0 Å². The van der Waals surface area contributed by atoms with Crippen LogP contribution in [0.25, 0.3) is 0 Å². The summed E-state index contributed by atoms with van der Waals surface area (Å²) >= 11 is 6.49. The maximum atomic E-state index is 5.95. The summed E-state index contributed by atoms with van der Waals surface area (Å²) in [6.07, 6.45) is 0. The van der Waals surface area contributed by atoms with E-state index in [0.29, 0.717) is 14.5 Å². The van der Waals surface area contributed by atoms with Gasteiger partial charge in [0.15, 0.2) is 0 Å². The van der Waals surface area contributed by atoms with Crippen molar-refractivity contribution in [1.82, 2.24) is 0 Å². The molecule has 1 atom stereocenters. The second-order valence-electron chi connectivity index (χ2n) is 4.24. The van der Waals surface area contributed by atoms with Gasteiger partial charge in [-0.1, -0.05) is 0 Å². The Bertz CT molecular complexity index is 340. The Balaban J connectivity index is 3.23. The van der Waals surface area contributed by atoms with Gasteiger partial charge >= 0.3 is 98.4 Å². The summed E-state index contributed by atoms with van der Waals surface area (Å²) in [5, 5.41) is 1.67. The first kappa shape index (κ1) is 12.5. The molecule has 0 aliphatic carbocycles. The van der Waals surface area contributed by atoms with E-state index in [9.17, 15) is 0 Å². The van der Waals surface area contributed by atoms with Crippen LogP contribution in [-0.2, 0) is 11.8 Å². The fraction of sp³-hybridized carbons (Fsp3) is 0.455. The zero-order valence-corrected chi connectivity index (χ0v) is 12.6. The average Bonchev–Trinajstić information content (AvgIpc) is 2.16. The molecule has 1 aromatic rings. The summed E-state index contributed by atoms with van der Waals surface area (Å²) in [6.45, 7) is 6.85. The van der Waals surface area contributed by atoms with Crippen molar-refractivity contribution in [3.8, 4) is 0 Å². The molecule has 0 bridgehead atoms. The molecule has 0 saturated heterocycles. The fourth-order valence-electron chi connectivity index (χ4n) is 1.39. The SMILES string of the molecule is C[Se]P(=S)(c1ccccc1)C(C)(C)C. The Hall–Kier alpha value is 0.389. The molecular formula is C11H17PSSe. The molecule has 0 fully saturated rings. The van der Waals surface area contributed by atoms with Gasteiger partial charge in [0.1, 0.15) is 0 Å². The van der Waals surface area contributed by atoms with Crippen molar-refractivity contribution in [3.05, 3.63) is 30.3 Å². The van der Waals surface area contributed by atoms with Gasteiger partial charge in [0.2, 0.25) is 0 Å². The number of benzene rings is 1. The van der Waals surface area contributed by atoms with Gasteiger partial charge in [0, 0.05) is 0 Å². The van der Waals surface area contributed by atoms with E-state index < -0.39 is 4.73 Å². The first-order valence-corrected chi connectivity index (χ1v) is 11.4. The van der Waals surface area contributed by atoms with Crippen LogP contribution in [0.2, 0.25) is 5.82 Å². The summed E-state index contributed by atoms with van der Waals surface area (Å²) in [6, 6.07) is 10.7. The van der Waals surface area contributed by atoms with Crippen LogP contribution >= 0.6 is 4.73 Å². The first-order chi connectivity index (χ1) is 6.42. The molecule has 78 valence electrons. The Morgan fingerprint density at radius 3 is 2.00 bits per heavy atom. The molecule has 0 aliphatic heterocycles. The van der Waals surface area contributed by atoms with E-state index in [-0.39, 0.29) is 5.16 Å². The Kier molecular flexibility index (Phi) is 4.00. The van der Waals surface area contributed by atoms with E-state index in [1.807, 2.05) is 0 Å². The number of hydrogen-bond donors (Lipinski definition) is 0. The van der Waals surface area contributed by atoms with Crippen molar-refractivity contribution in [2.75, 3.05) is 0 Å². The molecule has 0 aromatic heterocycles. The molecule has 0 saturated carbocycles. The van der Waals surface area contributed by atoms with Crippen LogP contribution in [0.15, 0.2) is 30.3 Å². The Morgan fingerprint density at radius 2 is 1.64 bits per heavy atom. The van der Waals surface area contributed by atoms with Crippen LogP contribution < -0.4 is 5.30 Å². The molecule has 1 rings (SSSR count). The van der Waals surface area contributed by atoms with Gasteiger partial charge in [-0.3, -0.25) is 0 Å². The summed E-state index contributed by atoms with van der Waals surface area (Å²) in [5.74, 6) is 2.28. The van der Waals surface area contributed by atoms with E-state index in [4.69, 9.17) is 11.8 Å². The third kappa shape index (κ3) is 2.31. The van der Waals surface area contributed by atoms with Crippen LogP contribution in [0.4, 0.5) is 0 Å². The molecule has 3 heteroatoms. The summed E-state index contributed by atoms with van der Waals surface area (Å²) < 4.78 is -1.34. The van der Waals surface area contributed by atoms with Crippen molar-refractivity contribution in [3.63, 3.8) is 0 Å². The molecule has 0 spiro atoms. The molecule has 14 heavy (non-hydrogen) atoms. The second-order valence-corrected chi connectivity index (χ2v) is 16.5. The molecule has 0 amide bonds. The predicted molar refractivity (Wildman–Crippen MR) is 71.7 cm³/mol. The van der Waals surface area contributed by atoms with Gasteiger partial charge in [-0.25, -0.2) is 0 Å². The molecule has 1 aromatic carbocycles. The van der Waals surface area contributed by atoms with Gasteiger partial charge in [0.25, 0.3) is 0 Å². The van der Waals surface area contributed by atoms with Crippen LogP contribution in [0.1, 0.15) is 20.8 Å². The Labute approximate surface area is 98.3 Å². The normalized spacial score (nSPS) is 16.3. The third-order valence-corrected chi connectivity index (χ3v) is 18.1. The zero-order chi connectivity index (χ0) is 10.8. The Morgan fingerprint density at radius 1 is 1.14 bits per heavy atom. The molecule has 0 heterocycles. The molecule has 0 radical (unpaired) electrons. The van der Waals surface area contributed by atoms with Gasteiger partial charge in [-0.15, -0.1) is 0 Å². The molecule has 0 aliphatic rings. The van der Waals surface area contributed by atoms with Gasteiger partial charge in [0.05, 0.1) is 0 Å². The minimum atomic E-state index is -1.34. The minimum absolute atomic E-state index is 0.262. The topological polar surface area (TPSA) is 0 Å². The van der Waals surface area contributed by atoms with Gasteiger partial charge in [-0.05, 0) is 0 Å². The van der Waals surface area contributed by atoms with Crippen molar-refractivity contribution < 1.29 is 0 Å². The monoisotopic (exact) mass is 292 g/mol. The zero-order valence-electron chi connectivity index (χ0n) is 9.15. The standard InChI is InChI=1S/C11H17PSSe/c1-11(2,3)12(13,14-4)10-8-6-5-7-9-10/h5-9H,1-4H3. The van der Waals surface area contributed by atoms with E-state index in [1.54, 1.807) is 0 Å². The summed E-state index contributed by atoms with van der Waals surface area (Å²) in [7, 11) is 0. The van der Waals surface area contributed by atoms with Crippen LogP contribution in [0.3, 0.4) is 0 Å². The predicted octanol–water partition coefficient (Wildman–Crippen LogP) is 3.26. The van der Waals surface area contributed by atoms with E-state index in [1.165, 1.54) is 5.30 Å². The van der Waals surface area contributed by atoms with Crippen molar-refractivity contribution in [1.29, 1.82) is 0 Å². The van der Waals surface area contributed by atoms with Gasteiger partial charge < -0.3 is 0 Å². The van der Waals surface area contributed by atoms with Crippen molar-refractivity contribution in [2.24, 2.45) is 0 Å². The van der Waals surface area contributed by atoms with Crippen LogP contribution in [0, 0.1) is 0 Å². The van der Waals surface area contributed by atoms with E-state index in [2.05, 4.69) is 56.9 Å². The number of hydrogen-bond acceptors (Lipinski definition) is 1. The van der Waals surface area contributed by atoms with Crippen molar-refractivity contribution >= 4 is 36.4 Å². The third-order valence-electron chi connectivity index (χ3n) is 2.24. The molecule has 0 N–H and O–H groups in total. The fourth-order valence-corrected chi connectivity index (χ4v) is 9.39. The number of rotatable bonds is 2. The maximum absolute atomic E-state index is 5.95. The van der Waals surface area contributed by atoms with Gasteiger partial charge in [-0.2, -0.15) is 0 Å². The average molecular weight is 291 g/mol. The van der Waals surface area contributed by atoms with Crippen molar-refractivity contribution in [2.45, 2.75) is 31.7 Å². The van der Waals surface area contributed by atoms with E-state index >= 15 is 0 Å². The quantitative estimate of drug-likeness (QED) is 0.595. The molecular weight excluding hydrogens is 274 g/mol. The molecule has 0 nitrogen and oxygen atoms in total.